The molecule has 1 nitrogen and oxygen atoms in total. The zero-order chi connectivity index (χ0) is 15.1. The summed E-state index contributed by atoms with van der Waals surface area (Å²) >= 11 is 4.61. The molecule has 1 heterocycles. The molecule has 0 spiro atoms. The normalized spacial score (nSPS) is 13.6. The number of rotatable bonds is 2. The van der Waals surface area contributed by atoms with Gasteiger partial charge in [0.2, 0.25) is 0 Å². The van der Waals surface area contributed by atoms with E-state index in [0.29, 0.717) is 11.6 Å². The van der Waals surface area contributed by atoms with Gasteiger partial charge in [-0.15, -0.1) is 11.3 Å². The summed E-state index contributed by atoms with van der Waals surface area (Å²) in [5.74, 6) is -1.35. The van der Waals surface area contributed by atoms with Gasteiger partial charge in [-0.25, -0.2) is 4.39 Å². The Morgan fingerprint density at radius 3 is 2.40 bits per heavy atom. The third kappa shape index (κ3) is 3.05. The Labute approximate surface area is 125 Å². The lowest BCUT2D eigenvalue weighted by Gasteiger charge is -2.14. The predicted octanol–water partition coefficient (Wildman–Crippen LogP) is 5.06. The van der Waals surface area contributed by atoms with Crippen LogP contribution < -0.4 is 0 Å². The first-order valence-electron chi connectivity index (χ1n) is 5.50. The van der Waals surface area contributed by atoms with Gasteiger partial charge in [0.05, 0.1) is 9.35 Å². The summed E-state index contributed by atoms with van der Waals surface area (Å²) in [5.41, 5.74) is -0.866. The van der Waals surface area contributed by atoms with Crippen molar-refractivity contribution in [1.29, 1.82) is 0 Å². The van der Waals surface area contributed by atoms with Gasteiger partial charge in [-0.3, -0.25) is 0 Å². The Balaban J connectivity index is 2.46. The maximum absolute atomic E-state index is 13.2. The van der Waals surface area contributed by atoms with E-state index in [0.717, 1.165) is 20.8 Å². The van der Waals surface area contributed by atoms with Crippen LogP contribution in [-0.2, 0) is 6.18 Å². The molecule has 2 rings (SSSR count). The van der Waals surface area contributed by atoms with Gasteiger partial charge in [0.15, 0.2) is 0 Å². The average Bonchev–Trinajstić information content (AvgIpc) is 2.66. The summed E-state index contributed by atoms with van der Waals surface area (Å²) in [6, 6.07) is 4.16. The van der Waals surface area contributed by atoms with Gasteiger partial charge in [-0.05, 0) is 52.2 Å². The molecule has 0 amide bonds. The SMILES string of the molecule is Cc1sc(Br)cc1C(O)c1ccc(F)c(C(F)(F)F)c1. The Morgan fingerprint density at radius 2 is 1.90 bits per heavy atom. The van der Waals surface area contributed by atoms with Crippen LogP contribution >= 0.6 is 27.3 Å². The van der Waals surface area contributed by atoms with Gasteiger partial charge in [0.1, 0.15) is 11.9 Å². The lowest BCUT2D eigenvalue weighted by Crippen LogP contribution is -2.10. The summed E-state index contributed by atoms with van der Waals surface area (Å²) in [6.45, 7) is 1.75. The minimum Gasteiger partial charge on any atom is -0.384 e. The highest BCUT2D eigenvalue weighted by Crippen LogP contribution is 2.37. The molecule has 1 N–H and O–H groups in total. The zero-order valence-corrected chi connectivity index (χ0v) is 12.5. The van der Waals surface area contributed by atoms with E-state index < -0.39 is 23.7 Å². The highest BCUT2D eigenvalue weighted by atomic mass is 79.9. The molecule has 0 fully saturated rings. The monoisotopic (exact) mass is 368 g/mol. The van der Waals surface area contributed by atoms with Gasteiger partial charge < -0.3 is 5.11 Å². The minimum atomic E-state index is -4.79. The molecule has 0 bridgehead atoms. The molecule has 108 valence electrons. The van der Waals surface area contributed by atoms with Gasteiger partial charge in [-0.1, -0.05) is 6.07 Å². The van der Waals surface area contributed by atoms with Crippen LogP contribution in [0.25, 0.3) is 0 Å². The van der Waals surface area contributed by atoms with Crippen molar-refractivity contribution in [3.63, 3.8) is 0 Å². The third-order valence-corrected chi connectivity index (χ3v) is 4.40. The van der Waals surface area contributed by atoms with Gasteiger partial charge in [-0.2, -0.15) is 13.2 Å². The molecule has 7 heteroatoms. The number of aliphatic hydroxyl groups excluding tert-OH is 1. The standard InChI is InChI=1S/C13H9BrF4OS/c1-6-8(5-11(14)20-6)12(19)7-2-3-10(15)9(4-7)13(16,17)18/h2-5,12,19H,1H3. The van der Waals surface area contributed by atoms with E-state index >= 15 is 0 Å². The van der Waals surface area contributed by atoms with Crippen molar-refractivity contribution in [2.75, 3.05) is 0 Å². The van der Waals surface area contributed by atoms with Crippen molar-refractivity contribution in [2.45, 2.75) is 19.2 Å². The molecule has 0 aliphatic heterocycles. The summed E-state index contributed by atoms with van der Waals surface area (Å²) in [7, 11) is 0. The maximum atomic E-state index is 13.2. The molecule has 0 radical (unpaired) electrons. The molecule has 2 aromatic rings. The number of hydrogen-bond acceptors (Lipinski definition) is 2. The number of benzene rings is 1. The van der Waals surface area contributed by atoms with E-state index in [1.54, 1.807) is 13.0 Å². The molecular formula is C13H9BrF4OS. The molecule has 0 aliphatic carbocycles. The second-order valence-electron chi connectivity index (χ2n) is 4.20. The molecule has 0 aliphatic rings. The maximum Gasteiger partial charge on any atom is 0.419 e. The predicted molar refractivity (Wildman–Crippen MR) is 72.2 cm³/mol. The molecule has 1 unspecified atom stereocenters. The highest BCUT2D eigenvalue weighted by Gasteiger charge is 2.34. The number of halogens is 5. The largest absolute Gasteiger partial charge is 0.419 e. The topological polar surface area (TPSA) is 20.2 Å². The van der Waals surface area contributed by atoms with Crippen molar-refractivity contribution < 1.29 is 22.7 Å². The van der Waals surface area contributed by atoms with E-state index in [4.69, 9.17) is 0 Å². The Morgan fingerprint density at radius 1 is 1.25 bits per heavy atom. The smallest absolute Gasteiger partial charge is 0.384 e. The molecule has 0 saturated carbocycles. The molecule has 1 atom stereocenters. The number of hydrogen-bond donors (Lipinski definition) is 1. The summed E-state index contributed by atoms with van der Waals surface area (Å²) < 4.78 is 51.9. The molecule has 1 aromatic carbocycles. The summed E-state index contributed by atoms with van der Waals surface area (Å²) in [6.07, 6.45) is -6.01. The third-order valence-electron chi connectivity index (χ3n) is 2.83. The summed E-state index contributed by atoms with van der Waals surface area (Å²) in [4.78, 5) is 0.780. The first-order valence-corrected chi connectivity index (χ1v) is 7.11. The minimum absolute atomic E-state index is 0.00660. The van der Waals surface area contributed by atoms with E-state index in [1.807, 2.05) is 0 Å². The van der Waals surface area contributed by atoms with Gasteiger partial charge in [0, 0.05) is 4.88 Å². The van der Waals surface area contributed by atoms with Crippen LogP contribution in [0.4, 0.5) is 17.6 Å². The Hall–Kier alpha value is -0.920. The van der Waals surface area contributed by atoms with Gasteiger partial charge >= 0.3 is 6.18 Å². The molecular weight excluding hydrogens is 360 g/mol. The van der Waals surface area contributed by atoms with Crippen molar-refractivity contribution in [2.24, 2.45) is 0 Å². The zero-order valence-electron chi connectivity index (χ0n) is 10.1. The first kappa shape index (κ1) is 15.5. The van der Waals surface area contributed by atoms with Crippen molar-refractivity contribution >= 4 is 27.3 Å². The van der Waals surface area contributed by atoms with E-state index in [1.165, 1.54) is 11.3 Å². The van der Waals surface area contributed by atoms with Crippen LogP contribution in [0, 0.1) is 12.7 Å². The van der Waals surface area contributed by atoms with Gasteiger partial charge in [0.25, 0.3) is 0 Å². The second kappa shape index (κ2) is 5.46. The van der Waals surface area contributed by atoms with E-state index in [2.05, 4.69) is 15.9 Å². The fourth-order valence-corrected chi connectivity index (χ4v) is 3.58. The first-order chi connectivity index (χ1) is 9.20. The molecule has 1 aromatic heterocycles. The average molecular weight is 369 g/mol. The number of thiophene rings is 1. The lowest BCUT2D eigenvalue weighted by atomic mass is 10.00. The second-order valence-corrected chi connectivity index (χ2v) is 6.84. The van der Waals surface area contributed by atoms with Crippen LogP contribution in [0.15, 0.2) is 28.1 Å². The van der Waals surface area contributed by atoms with Crippen molar-refractivity contribution in [1.82, 2.24) is 0 Å². The van der Waals surface area contributed by atoms with Crippen LogP contribution in [0.1, 0.15) is 27.7 Å². The van der Waals surface area contributed by atoms with E-state index in [-0.39, 0.29) is 5.56 Å². The molecule has 0 saturated heterocycles. The van der Waals surface area contributed by atoms with E-state index in [9.17, 15) is 22.7 Å². The van der Waals surface area contributed by atoms with Crippen LogP contribution in [0.2, 0.25) is 0 Å². The summed E-state index contributed by atoms with van der Waals surface area (Å²) in [5, 5.41) is 10.2. The number of aliphatic hydroxyl groups is 1. The van der Waals surface area contributed by atoms with Crippen molar-refractivity contribution in [3.05, 3.63) is 55.4 Å². The fraction of sp³-hybridized carbons (Fsp3) is 0.231. The van der Waals surface area contributed by atoms with Crippen molar-refractivity contribution in [3.8, 4) is 0 Å². The lowest BCUT2D eigenvalue weighted by molar-refractivity contribution is -0.140. The van der Waals surface area contributed by atoms with Crippen LogP contribution in [0.5, 0.6) is 0 Å². The quantitative estimate of drug-likeness (QED) is 0.734. The van der Waals surface area contributed by atoms with Crippen LogP contribution in [-0.4, -0.2) is 5.11 Å². The Bertz CT molecular complexity index is 636. The molecule has 20 heavy (non-hydrogen) atoms. The number of alkyl halides is 3. The Kier molecular flexibility index (Phi) is 4.22. The fourth-order valence-electron chi connectivity index (χ4n) is 1.84. The highest BCUT2D eigenvalue weighted by molar-refractivity contribution is 9.11. The number of aryl methyl sites for hydroxylation is 1. The van der Waals surface area contributed by atoms with Crippen LogP contribution in [0.3, 0.4) is 0 Å².